The lowest BCUT2D eigenvalue weighted by atomic mass is 9.89. The molecule has 1 aliphatic rings. The van der Waals surface area contributed by atoms with Crippen LogP contribution in [0.15, 0.2) is 22.7 Å². The smallest absolute Gasteiger partial charge is 0.119 e. The Labute approximate surface area is 112 Å². The number of halogens is 1. The van der Waals surface area contributed by atoms with Crippen LogP contribution in [0.5, 0.6) is 5.75 Å². The van der Waals surface area contributed by atoms with Gasteiger partial charge in [0.15, 0.2) is 0 Å². The van der Waals surface area contributed by atoms with Crippen LogP contribution in [0, 0.1) is 5.92 Å². The SMILES string of the molecule is COc1ccc(Br)c(CC2(N)CCC(C)C2)c1. The van der Waals surface area contributed by atoms with Gasteiger partial charge >= 0.3 is 0 Å². The van der Waals surface area contributed by atoms with Crippen molar-refractivity contribution in [3.63, 3.8) is 0 Å². The molecule has 0 radical (unpaired) electrons. The first-order valence-electron chi connectivity index (χ1n) is 6.14. The lowest BCUT2D eigenvalue weighted by Crippen LogP contribution is -2.39. The normalized spacial score (nSPS) is 28.4. The quantitative estimate of drug-likeness (QED) is 0.926. The number of hydrogen-bond donors (Lipinski definition) is 1. The first-order valence-corrected chi connectivity index (χ1v) is 6.93. The third-order valence-electron chi connectivity index (χ3n) is 3.69. The van der Waals surface area contributed by atoms with E-state index in [0.717, 1.165) is 35.4 Å². The number of rotatable bonds is 3. The number of benzene rings is 1. The Morgan fingerprint density at radius 1 is 1.53 bits per heavy atom. The van der Waals surface area contributed by atoms with E-state index in [4.69, 9.17) is 10.5 Å². The van der Waals surface area contributed by atoms with E-state index in [1.807, 2.05) is 12.1 Å². The van der Waals surface area contributed by atoms with Crippen molar-refractivity contribution in [3.05, 3.63) is 28.2 Å². The second-order valence-electron chi connectivity index (χ2n) is 5.34. The molecule has 2 atom stereocenters. The molecule has 3 heteroatoms. The van der Waals surface area contributed by atoms with E-state index < -0.39 is 0 Å². The molecule has 0 spiro atoms. The molecule has 1 aromatic carbocycles. The summed E-state index contributed by atoms with van der Waals surface area (Å²) in [7, 11) is 1.70. The zero-order chi connectivity index (χ0) is 12.5. The third-order valence-corrected chi connectivity index (χ3v) is 4.46. The van der Waals surface area contributed by atoms with Crippen molar-refractivity contribution in [2.75, 3.05) is 7.11 Å². The Balaban J connectivity index is 2.17. The van der Waals surface area contributed by atoms with Crippen molar-refractivity contribution in [3.8, 4) is 5.75 Å². The van der Waals surface area contributed by atoms with E-state index in [-0.39, 0.29) is 5.54 Å². The van der Waals surface area contributed by atoms with Gasteiger partial charge in [-0.15, -0.1) is 0 Å². The van der Waals surface area contributed by atoms with E-state index in [0.29, 0.717) is 0 Å². The summed E-state index contributed by atoms with van der Waals surface area (Å²) in [5, 5.41) is 0. The van der Waals surface area contributed by atoms with E-state index in [2.05, 4.69) is 28.9 Å². The summed E-state index contributed by atoms with van der Waals surface area (Å²) in [6, 6.07) is 6.09. The van der Waals surface area contributed by atoms with Crippen LogP contribution < -0.4 is 10.5 Å². The van der Waals surface area contributed by atoms with Crippen molar-refractivity contribution < 1.29 is 4.74 Å². The van der Waals surface area contributed by atoms with Gasteiger partial charge in [0.05, 0.1) is 7.11 Å². The number of hydrogen-bond acceptors (Lipinski definition) is 2. The highest BCUT2D eigenvalue weighted by atomic mass is 79.9. The Bertz CT molecular complexity index is 407. The molecule has 2 nitrogen and oxygen atoms in total. The van der Waals surface area contributed by atoms with Gasteiger partial charge in [0.1, 0.15) is 5.75 Å². The molecule has 1 aliphatic carbocycles. The molecule has 0 bridgehead atoms. The molecule has 0 aliphatic heterocycles. The van der Waals surface area contributed by atoms with Crippen molar-refractivity contribution in [2.24, 2.45) is 11.7 Å². The average Bonchev–Trinajstić information content (AvgIpc) is 2.62. The molecule has 0 heterocycles. The van der Waals surface area contributed by atoms with Crippen LogP contribution in [0.2, 0.25) is 0 Å². The molecule has 94 valence electrons. The lowest BCUT2D eigenvalue weighted by Gasteiger charge is -2.25. The monoisotopic (exact) mass is 297 g/mol. The Hall–Kier alpha value is -0.540. The van der Waals surface area contributed by atoms with Crippen LogP contribution in [0.1, 0.15) is 31.7 Å². The van der Waals surface area contributed by atoms with Gasteiger partial charge in [0.2, 0.25) is 0 Å². The van der Waals surface area contributed by atoms with E-state index in [1.54, 1.807) is 7.11 Å². The Kier molecular flexibility index (Phi) is 3.79. The summed E-state index contributed by atoms with van der Waals surface area (Å²) >= 11 is 3.60. The van der Waals surface area contributed by atoms with Crippen molar-refractivity contribution in [1.82, 2.24) is 0 Å². The van der Waals surface area contributed by atoms with Gasteiger partial charge in [-0.25, -0.2) is 0 Å². The zero-order valence-corrected chi connectivity index (χ0v) is 12.1. The molecular weight excluding hydrogens is 278 g/mol. The maximum absolute atomic E-state index is 6.48. The van der Waals surface area contributed by atoms with Gasteiger partial charge in [-0.3, -0.25) is 0 Å². The summed E-state index contributed by atoms with van der Waals surface area (Å²) in [4.78, 5) is 0. The molecule has 17 heavy (non-hydrogen) atoms. The molecule has 0 amide bonds. The summed E-state index contributed by atoms with van der Waals surface area (Å²) < 4.78 is 6.39. The highest BCUT2D eigenvalue weighted by Crippen LogP contribution is 2.36. The van der Waals surface area contributed by atoms with Crippen molar-refractivity contribution in [1.29, 1.82) is 0 Å². The standard InChI is InChI=1S/C14H20BrNO/c1-10-5-6-14(16,8-10)9-11-7-12(17-2)3-4-13(11)15/h3-4,7,10H,5-6,8-9,16H2,1-2H3. The van der Waals surface area contributed by atoms with E-state index in [9.17, 15) is 0 Å². The van der Waals surface area contributed by atoms with Crippen LogP contribution in [0.3, 0.4) is 0 Å². The molecule has 2 rings (SSSR count). The maximum atomic E-state index is 6.48. The first-order chi connectivity index (χ1) is 8.02. The van der Waals surface area contributed by atoms with Gasteiger partial charge in [0.25, 0.3) is 0 Å². The van der Waals surface area contributed by atoms with E-state index >= 15 is 0 Å². The number of nitrogens with two attached hydrogens (primary N) is 1. The second kappa shape index (κ2) is 4.99. The molecule has 0 aromatic heterocycles. The third kappa shape index (κ3) is 3.02. The number of methoxy groups -OCH3 is 1. The molecule has 2 N–H and O–H groups in total. The van der Waals surface area contributed by atoms with Crippen molar-refractivity contribution >= 4 is 15.9 Å². The molecular formula is C14H20BrNO. The topological polar surface area (TPSA) is 35.2 Å². The van der Waals surface area contributed by atoms with Gasteiger partial charge in [-0.1, -0.05) is 22.9 Å². The Morgan fingerprint density at radius 3 is 2.88 bits per heavy atom. The highest BCUT2D eigenvalue weighted by molar-refractivity contribution is 9.10. The van der Waals surface area contributed by atoms with Crippen molar-refractivity contribution in [2.45, 2.75) is 38.1 Å². The lowest BCUT2D eigenvalue weighted by molar-refractivity contribution is 0.406. The molecule has 1 aromatic rings. The minimum atomic E-state index is -0.0334. The van der Waals surface area contributed by atoms with Crippen LogP contribution >= 0.6 is 15.9 Å². The molecule has 1 fully saturated rings. The van der Waals surface area contributed by atoms with Gasteiger partial charge in [-0.2, -0.15) is 0 Å². The van der Waals surface area contributed by atoms with Crippen LogP contribution in [-0.4, -0.2) is 12.6 Å². The zero-order valence-electron chi connectivity index (χ0n) is 10.5. The van der Waals surface area contributed by atoms with Crippen LogP contribution in [0.4, 0.5) is 0 Å². The fraction of sp³-hybridized carbons (Fsp3) is 0.571. The Morgan fingerprint density at radius 2 is 2.29 bits per heavy atom. The summed E-state index contributed by atoms with van der Waals surface area (Å²) in [6.45, 7) is 2.29. The second-order valence-corrected chi connectivity index (χ2v) is 6.20. The highest BCUT2D eigenvalue weighted by Gasteiger charge is 2.34. The molecule has 1 saturated carbocycles. The molecule has 0 saturated heterocycles. The summed E-state index contributed by atoms with van der Waals surface area (Å²) in [5.41, 5.74) is 7.70. The molecule has 2 unspecified atom stereocenters. The largest absolute Gasteiger partial charge is 0.497 e. The van der Waals surface area contributed by atoms with Gasteiger partial charge in [-0.05, 0) is 55.4 Å². The van der Waals surface area contributed by atoms with Crippen LogP contribution in [-0.2, 0) is 6.42 Å². The minimum absolute atomic E-state index is 0.0334. The average molecular weight is 298 g/mol. The maximum Gasteiger partial charge on any atom is 0.119 e. The van der Waals surface area contributed by atoms with Gasteiger partial charge < -0.3 is 10.5 Å². The predicted molar refractivity (Wildman–Crippen MR) is 74.3 cm³/mol. The van der Waals surface area contributed by atoms with Crippen LogP contribution in [0.25, 0.3) is 0 Å². The fourth-order valence-electron chi connectivity index (χ4n) is 2.79. The summed E-state index contributed by atoms with van der Waals surface area (Å²) in [6.07, 6.45) is 4.42. The first kappa shape index (κ1) is 12.9. The summed E-state index contributed by atoms with van der Waals surface area (Å²) in [5.74, 6) is 1.65. The minimum Gasteiger partial charge on any atom is -0.497 e. The van der Waals surface area contributed by atoms with Gasteiger partial charge in [0, 0.05) is 10.0 Å². The number of ether oxygens (including phenoxy) is 1. The fourth-order valence-corrected chi connectivity index (χ4v) is 3.17. The van der Waals surface area contributed by atoms with E-state index in [1.165, 1.54) is 12.0 Å². The predicted octanol–water partition coefficient (Wildman–Crippen LogP) is 3.52.